The Bertz CT molecular complexity index is 1040. The third-order valence-corrected chi connectivity index (χ3v) is 11.6. The third-order valence-electron chi connectivity index (χ3n) is 5.90. The van der Waals surface area contributed by atoms with Crippen molar-refractivity contribution in [3.8, 4) is 0 Å². The van der Waals surface area contributed by atoms with Crippen LogP contribution in [0.3, 0.4) is 0 Å². The van der Waals surface area contributed by atoms with Gasteiger partial charge in [0.1, 0.15) is 0 Å². The van der Waals surface area contributed by atoms with Gasteiger partial charge in [-0.1, -0.05) is 60.7 Å². The molecule has 0 saturated heterocycles. The van der Waals surface area contributed by atoms with Crippen molar-refractivity contribution < 1.29 is 16.8 Å². The second-order valence-corrected chi connectivity index (χ2v) is 12.6. The molecule has 0 N–H and O–H groups in total. The molecule has 6 heteroatoms. The topological polar surface area (TPSA) is 68.3 Å². The van der Waals surface area contributed by atoms with Gasteiger partial charge in [0, 0.05) is 0 Å². The Balaban J connectivity index is 2.32. The van der Waals surface area contributed by atoms with Crippen LogP contribution in [-0.2, 0) is 19.7 Å². The Morgan fingerprint density at radius 3 is 1.31 bits per heavy atom. The maximum absolute atomic E-state index is 13.9. The minimum atomic E-state index is -4.21. The zero-order chi connectivity index (χ0) is 21.4. The highest BCUT2D eigenvalue weighted by Crippen LogP contribution is 2.55. The summed E-state index contributed by atoms with van der Waals surface area (Å²) in [7, 11) is -8.42. The van der Waals surface area contributed by atoms with Crippen LogP contribution in [0.1, 0.15) is 26.7 Å². The molecule has 29 heavy (non-hydrogen) atoms. The predicted molar refractivity (Wildman–Crippen MR) is 116 cm³/mol. The average molecular weight is 431 g/mol. The van der Waals surface area contributed by atoms with E-state index in [4.69, 9.17) is 0 Å². The molecule has 0 bridgehead atoms. The minimum Gasteiger partial charge on any atom is -0.222 e. The molecule has 0 unspecified atom stereocenters. The minimum absolute atomic E-state index is 0.0161. The first-order chi connectivity index (χ1) is 13.5. The summed E-state index contributed by atoms with van der Waals surface area (Å²) in [4.78, 5) is 0.0321. The number of rotatable bonds is 6. The second kappa shape index (κ2) is 7.58. The van der Waals surface area contributed by atoms with E-state index < -0.39 is 23.8 Å². The first-order valence-electron chi connectivity index (χ1n) is 9.45. The van der Waals surface area contributed by atoms with Gasteiger partial charge in [0.2, 0.25) is 0 Å². The van der Waals surface area contributed by atoms with Gasteiger partial charge in [0.05, 0.1) is 9.79 Å². The highest BCUT2D eigenvalue weighted by Gasteiger charge is 2.62. The third kappa shape index (κ3) is 3.38. The first kappa shape index (κ1) is 21.5. The average Bonchev–Trinajstić information content (AvgIpc) is 3.13. The van der Waals surface area contributed by atoms with Crippen LogP contribution in [0.2, 0.25) is 0 Å². The van der Waals surface area contributed by atoms with Crippen LogP contribution >= 0.6 is 0 Å². The van der Waals surface area contributed by atoms with Crippen LogP contribution in [0.15, 0.2) is 94.8 Å². The molecule has 2 aromatic rings. The van der Waals surface area contributed by atoms with Gasteiger partial charge in [-0.15, -0.1) is 0 Å². The largest absolute Gasteiger partial charge is 0.222 e. The van der Waals surface area contributed by atoms with Gasteiger partial charge in [-0.05, 0) is 62.8 Å². The van der Waals surface area contributed by atoms with Gasteiger partial charge in [0.15, 0.2) is 23.8 Å². The monoisotopic (exact) mass is 430 g/mol. The van der Waals surface area contributed by atoms with E-state index in [-0.39, 0.29) is 34.5 Å². The van der Waals surface area contributed by atoms with Crippen molar-refractivity contribution in [2.75, 3.05) is 0 Å². The normalized spacial score (nSPS) is 21.6. The fourth-order valence-electron chi connectivity index (χ4n) is 4.29. The Labute approximate surface area is 173 Å². The lowest BCUT2D eigenvalue weighted by molar-refractivity contribution is 0.506. The van der Waals surface area contributed by atoms with E-state index in [1.807, 2.05) is 13.8 Å². The van der Waals surface area contributed by atoms with Crippen molar-refractivity contribution in [1.82, 2.24) is 0 Å². The van der Waals surface area contributed by atoms with Gasteiger partial charge in [-0.3, -0.25) is 0 Å². The molecular formula is C23H26O4S2. The molecule has 4 nitrogen and oxygen atoms in total. The molecule has 154 valence electrons. The van der Waals surface area contributed by atoms with Crippen molar-refractivity contribution in [3.05, 3.63) is 85.0 Å². The molecule has 1 saturated carbocycles. The first-order valence-corrected chi connectivity index (χ1v) is 12.4. The SMILES string of the molecule is C=C(C)[C@@H]1CC(S(=O)(=O)c2ccccc2)(S(=O)(=O)c2ccccc2)C[C@H]1C(=C)C. The van der Waals surface area contributed by atoms with Gasteiger partial charge in [-0.25, -0.2) is 16.8 Å². The molecule has 2 aromatic carbocycles. The van der Waals surface area contributed by atoms with Crippen LogP contribution in [-0.4, -0.2) is 20.9 Å². The lowest BCUT2D eigenvalue weighted by Crippen LogP contribution is -2.44. The molecule has 0 heterocycles. The Morgan fingerprint density at radius 2 is 1.03 bits per heavy atom. The van der Waals surface area contributed by atoms with E-state index in [0.29, 0.717) is 0 Å². The second-order valence-electron chi connectivity index (χ2n) is 7.86. The van der Waals surface area contributed by atoms with Gasteiger partial charge in [-0.2, -0.15) is 0 Å². The number of hydrogen-bond acceptors (Lipinski definition) is 4. The summed E-state index contributed by atoms with van der Waals surface area (Å²) in [6, 6.07) is 15.7. The van der Waals surface area contributed by atoms with E-state index in [9.17, 15) is 16.8 Å². The molecule has 0 amide bonds. The molecule has 3 rings (SSSR count). The van der Waals surface area contributed by atoms with Crippen molar-refractivity contribution in [2.45, 2.75) is 40.6 Å². The molecule has 1 aliphatic carbocycles. The molecule has 0 spiro atoms. The quantitative estimate of drug-likeness (QED) is 0.617. The Hall–Kier alpha value is -2.18. The highest BCUT2D eigenvalue weighted by atomic mass is 32.3. The molecule has 2 atom stereocenters. The molecule has 0 aromatic heterocycles. The number of hydrogen-bond donors (Lipinski definition) is 0. The van der Waals surface area contributed by atoms with Crippen LogP contribution in [0.25, 0.3) is 0 Å². The van der Waals surface area contributed by atoms with E-state index in [2.05, 4.69) is 13.2 Å². The molecule has 1 fully saturated rings. The van der Waals surface area contributed by atoms with Gasteiger partial charge >= 0.3 is 0 Å². The molecule has 0 aliphatic heterocycles. The lowest BCUT2D eigenvalue weighted by Gasteiger charge is -2.29. The fraction of sp³-hybridized carbons (Fsp3) is 0.304. The summed E-state index contributed by atoms with van der Waals surface area (Å²) < 4.78 is 53.5. The van der Waals surface area contributed by atoms with Gasteiger partial charge < -0.3 is 0 Å². The van der Waals surface area contributed by atoms with Crippen LogP contribution in [0.4, 0.5) is 0 Å². The summed E-state index contributed by atoms with van der Waals surface area (Å²) in [6.45, 7) is 11.7. The maximum atomic E-state index is 13.9. The fourth-order valence-corrected chi connectivity index (χ4v) is 9.50. The number of sulfone groups is 2. The summed E-state index contributed by atoms with van der Waals surface area (Å²) in [5.41, 5.74) is 1.54. The summed E-state index contributed by atoms with van der Waals surface area (Å²) in [5.74, 6) is -0.547. The predicted octanol–water partition coefficient (Wildman–Crippen LogP) is 4.81. The van der Waals surface area contributed by atoms with Crippen molar-refractivity contribution >= 4 is 19.7 Å². The van der Waals surface area contributed by atoms with E-state index in [1.54, 1.807) is 36.4 Å². The zero-order valence-corrected chi connectivity index (χ0v) is 18.3. The zero-order valence-electron chi connectivity index (χ0n) is 16.7. The van der Waals surface area contributed by atoms with E-state index in [1.165, 1.54) is 24.3 Å². The van der Waals surface area contributed by atoms with Gasteiger partial charge in [0.25, 0.3) is 0 Å². The number of benzene rings is 2. The van der Waals surface area contributed by atoms with Crippen molar-refractivity contribution in [2.24, 2.45) is 11.8 Å². The van der Waals surface area contributed by atoms with Crippen LogP contribution in [0, 0.1) is 11.8 Å². The molecule has 1 aliphatic rings. The summed E-state index contributed by atoms with van der Waals surface area (Å²) in [5, 5.41) is 0. The summed E-state index contributed by atoms with van der Waals surface area (Å²) >= 11 is 0. The Morgan fingerprint density at radius 1 is 0.724 bits per heavy atom. The number of allylic oxidation sites excluding steroid dienone is 2. The molecular weight excluding hydrogens is 404 g/mol. The summed E-state index contributed by atoms with van der Waals surface area (Å²) in [6.07, 6.45) is -0.0668. The molecule has 0 radical (unpaired) electrons. The lowest BCUT2D eigenvalue weighted by atomic mass is 9.86. The van der Waals surface area contributed by atoms with Crippen molar-refractivity contribution in [3.63, 3.8) is 0 Å². The maximum Gasteiger partial charge on any atom is 0.198 e. The van der Waals surface area contributed by atoms with Crippen LogP contribution in [0.5, 0.6) is 0 Å². The van der Waals surface area contributed by atoms with E-state index in [0.717, 1.165) is 11.1 Å². The smallest absolute Gasteiger partial charge is 0.198 e. The standard InChI is InChI=1S/C23H26O4S2/c1-17(2)21-15-23(16-22(21)18(3)4,28(24,25)19-11-7-5-8-12-19)29(26,27)20-13-9-6-10-14-20/h5-14,21-22H,1,3,15-16H2,2,4H3/t21-,22-/m0/s1. The van der Waals surface area contributed by atoms with Crippen LogP contribution < -0.4 is 0 Å². The Kier molecular flexibility index (Phi) is 5.62. The van der Waals surface area contributed by atoms with E-state index >= 15 is 0 Å². The highest BCUT2D eigenvalue weighted by molar-refractivity contribution is 8.10. The van der Waals surface area contributed by atoms with Crippen molar-refractivity contribution in [1.29, 1.82) is 0 Å².